The predicted molar refractivity (Wildman–Crippen MR) is 69.6 cm³/mol. The lowest BCUT2D eigenvalue weighted by Crippen LogP contribution is -2.17. The standard InChI is InChI=1S/C11H14BrNO2.ClH/c1-2-15-11(14)7-10(13)8-4-3-5-9(12)6-8;/h3-6,10H,2,7,13H2,1H3;1H/t10-;/m0./s1. The second kappa shape index (κ2) is 7.65. The number of benzene rings is 1. The summed E-state index contributed by atoms with van der Waals surface area (Å²) in [5.41, 5.74) is 6.80. The molecule has 1 rings (SSSR count). The molecule has 1 aromatic carbocycles. The second-order valence-electron chi connectivity index (χ2n) is 3.17. The van der Waals surface area contributed by atoms with Crippen molar-refractivity contribution in [2.45, 2.75) is 19.4 Å². The molecule has 1 atom stereocenters. The van der Waals surface area contributed by atoms with Gasteiger partial charge in [0.1, 0.15) is 0 Å². The molecule has 0 radical (unpaired) electrons. The van der Waals surface area contributed by atoms with E-state index in [1.807, 2.05) is 24.3 Å². The van der Waals surface area contributed by atoms with Gasteiger partial charge in [-0.15, -0.1) is 12.4 Å². The van der Waals surface area contributed by atoms with Gasteiger partial charge >= 0.3 is 5.97 Å². The van der Waals surface area contributed by atoms with Crippen LogP contribution in [0.2, 0.25) is 0 Å². The number of rotatable bonds is 4. The van der Waals surface area contributed by atoms with Crippen LogP contribution in [0.15, 0.2) is 28.7 Å². The summed E-state index contributed by atoms with van der Waals surface area (Å²) in [6, 6.07) is 7.31. The molecule has 5 heteroatoms. The van der Waals surface area contributed by atoms with Crippen molar-refractivity contribution >= 4 is 34.3 Å². The molecule has 0 heterocycles. The van der Waals surface area contributed by atoms with E-state index in [4.69, 9.17) is 10.5 Å². The number of hydrogen-bond donors (Lipinski definition) is 1. The fraction of sp³-hybridized carbons (Fsp3) is 0.364. The Hall–Kier alpha value is -0.580. The zero-order chi connectivity index (χ0) is 11.3. The summed E-state index contributed by atoms with van der Waals surface area (Å²) < 4.78 is 5.79. The SMILES string of the molecule is CCOC(=O)C[C@H](N)c1cccc(Br)c1.Cl. The number of nitrogens with two attached hydrogens (primary N) is 1. The van der Waals surface area contributed by atoms with Gasteiger partial charge in [-0.1, -0.05) is 28.1 Å². The topological polar surface area (TPSA) is 52.3 Å². The van der Waals surface area contributed by atoms with Crippen LogP contribution in [0.1, 0.15) is 24.9 Å². The molecule has 0 aliphatic heterocycles. The highest BCUT2D eigenvalue weighted by Gasteiger charge is 2.12. The number of ether oxygens (including phenoxy) is 1. The van der Waals surface area contributed by atoms with Crippen molar-refractivity contribution in [1.82, 2.24) is 0 Å². The quantitative estimate of drug-likeness (QED) is 0.870. The van der Waals surface area contributed by atoms with Gasteiger partial charge < -0.3 is 10.5 Å². The van der Waals surface area contributed by atoms with E-state index in [2.05, 4.69) is 15.9 Å². The summed E-state index contributed by atoms with van der Waals surface area (Å²) in [5.74, 6) is -0.259. The maximum atomic E-state index is 11.2. The lowest BCUT2D eigenvalue weighted by Gasteiger charge is -2.11. The fourth-order valence-electron chi connectivity index (χ4n) is 1.25. The first-order valence-electron chi connectivity index (χ1n) is 4.80. The maximum absolute atomic E-state index is 11.2. The van der Waals surface area contributed by atoms with Crippen LogP contribution in [0.25, 0.3) is 0 Å². The Morgan fingerprint density at radius 1 is 1.56 bits per heavy atom. The molecule has 2 N–H and O–H groups in total. The minimum absolute atomic E-state index is 0. The Kier molecular flexibility index (Phi) is 7.38. The van der Waals surface area contributed by atoms with Gasteiger partial charge in [0.15, 0.2) is 0 Å². The summed E-state index contributed by atoms with van der Waals surface area (Å²) in [7, 11) is 0. The molecule has 0 amide bonds. The Balaban J connectivity index is 0.00000225. The Labute approximate surface area is 110 Å². The molecular weight excluding hydrogens is 293 g/mol. The molecule has 0 saturated carbocycles. The summed E-state index contributed by atoms with van der Waals surface area (Å²) in [5, 5.41) is 0. The minimum atomic E-state index is -0.304. The molecule has 0 saturated heterocycles. The van der Waals surface area contributed by atoms with Gasteiger partial charge in [-0.05, 0) is 24.6 Å². The number of carbonyl (C=O) groups excluding carboxylic acids is 1. The van der Waals surface area contributed by atoms with Gasteiger partial charge in [0.25, 0.3) is 0 Å². The highest BCUT2D eigenvalue weighted by atomic mass is 79.9. The highest BCUT2D eigenvalue weighted by molar-refractivity contribution is 9.10. The molecule has 90 valence electrons. The number of carbonyl (C=O) groups is 1. The van der Waals surface area contributed by atoms with Crippen molar-refractivity contribution in [3.63, 3.8) is 0 Å². The number of halogens is 2. The van der Waals surface area contributed by atoms with Crippen LogP contribution >= 0.6 is 28.3 Å². The van der Waals surface area contributed by atoms with Gasteiger partial charge in [-0.3, -0.25) is 4.79 Å². The normalized spacial score (nSPS) is 11.4. The van der Waals surface area contributed by atoms with Crippen molar-refractivity contribution in [3.8, 4) is 0 Å². The van der Waals surface area contributed by atoms with Crippen LogP contribution in [0.3, 0.4) is 0 Å². The summed E-state index contributed by atoms with van der Waals surface area (Å²) in [4.78, 5) is 11.2. The molecule has 0 unspecified atom stereocenters. The van der Waals surface area contributed by atoms with Crippen LogP contribution in [0.4, 0.5) is 0 Å². The molecule has 0 bridgehead atoms. The molecule has 0 spiro atoms. The summed E-state index contributed by atoms with van der Waals surface area (Å²) in [6.45, 7) is 2.17. The second-order valence-corrected chi connectivity index (χ2v) is 4.09. The van der Waals surface area contributed by atoms with Crippen molar-refractivity contribution in [2.75, 3.05) is 6.61 Å². The third-order valence-corrected chi connectivity index (χ3v) is 2.46. The molecule has 0 fully saturated rings. The average molecular weight is 309 g/mol. The van der Waals surface area contributed by atoms with E-state index >= 15 is 0 Å². The van der Waals surface area contributed by atoms with Crippen molar-refractivity contribution in [3.05, 3.63) is 34.3 Å². The van der Waals surface area contributed by atoms with E-state index in [1.54, 1.807) is 6.92 Å². The van der Waals surface area contributed by atoms with Gasteiger partial charge in [0.2, 0.25) is 0 Å². The smallest absolute Gasteiger partial charge is 0.307 e. The zero-order valence-corrected chi connectivity index (χ0v) is 11.4. The third kappa shape index (κ3) is 4.96. The third-order valence-electron chi connectivity index (χ3n) is 1.97. The molecular formula is C11H15BrClNO2. The van der Waals surface area contributed by atoms with Crippen LogP contribution < -0.4 is 5.73 Å². The Bertz CT molecular complexity index is 347. The van der Waals surface area contributed by atoms with E-state index < -0.39 is 0 Å². The monoisotopic (exact) mass is 307 g/mol. The lowest BCUT2D eigenvalue weighted by molar-refractivity contribution is -0.143. The number of hydrogen-bond acceptors (Lipinski definition) is 3. The predicted octanol–water partition coefficient (Wildman–Crippen LogP) is 2.82. The first kappa shape index (κ1) is 15.4. The van der Waals surface area contributed by atoms with Crippen molar-refractivity contribution in [2.24, 2.45) is 5.73 Å². The van der Waals surface area contributed by atoms with Crippen LogP contribution in [0, 0.1) is 0 Å². The molecule has 0 aliphatic carbocycles. The first-order valence-corrected chi connectivity index (χ1v) is 5.59. The van der Waals surface area contributed by atoms with Gasteiger partial charge in [-0.2, -0.15) is 0 Å². The molecule has 0 aliphatic rings. The van der Waals surface area contributed by atoms with Gasteiger partial charge in [-0.25, -0.2) is 0 Å². The highest BCUT2D eigenvalue weighted by Crippen LogP contribution is 2.19. The van der Waals surface area contributed by atoms with Crippen LogP contribution in [-0.4, -0.2) is 12.6 Å². The number of esters is 1. The van der Waals surface area contributed by atoms with Crippen LogP contribution in [0.5, 0.6) is 0 Å². The van der Waals surface area contributed by atoms with Crippen molar-refractivity contribution in [1.29, 1.82) is 0 Å². The summed E-state index contributed by atoms with van der Waals surface area (Å²) in [6.07, 6.45) is 0.213. The Morgan fingerprint density at radius 3 is 2.81 bits per heavy atom. The molecule has 16 heavy (non-hydrogen) atoms. The Morgan fingerprint density at radius 2 is 2.25 bits per heavy atom. The van der Waals surface area contributed by atoms with Crippen LogP contribution in [-0.2, 0) is 9.53 Å². The molecule has 0 aromatic heterocycles. The van der Waals surface area contributed by atoms with E-state index in [-0.39, 0.29) is 30.8 Å². The maximum Gasteiger partial charge on any atom is 0.307 e. The minimum Gasteiger partial charge on any atom is -0.466 e. The summed E-state index contributed by atoms with van der Waals surface area (Å²) >= 11 is 3.36. The first-order chi connectivity index (χ1) is 7.13. The largest absolute Gasteiger partial charge is 0.466 e. The molecule has 1 aromatic rings. The van der Waals surface area contributed by atoms with Gasteiger partial charge in [0.05, 0.1) is 13.0 Å². The zero-order valence-electron chi connectivity index (χ0n) is 8.98. The van der Waals surface area contributed by atoms with E-state index in [0.717, 1.165) is 10.0 Å². The average Bonchev–Trinajstić information content (AvgIpc) is 2.18. The van der Waals surface area contributed by atoms with Gasteiger partial charge in [0, 0.05) is 10.5 Å². The van der Waals surface area contributed by atoms with E-state index in [9.17, 15) is 4.79 Å². The van der Waals surface area contributed by atoms with E-state index in [1.165, 1.54) is 0 Å². The molecule has 3 nitrogen and oxygen atoms in total. The van der Waals surface area contributed by atoms with E-state index in [0.29, 0.717) is 6.61 Å². The lowest BCUT2D eigenvalue weighted by atomic mass is 10.1. The fourth-order valence-corrected chi connectivity index (χ4v) is 1.67. The van der Waals surface area contributed by atoms with Crippen molar-refractivity contribution < 1.29 is 9.53 Å².